The molecule has 0 fully saturated rings. The molecule has 1 unspecified atom stereocenters. The minimum absolute atomic E-state index is 0.0652. The Bertz CT molecular complexity index is 645. The van der Waals surface area contributed by atoms with E-state index in [-0.39, 0.29) is 5.91 Å². The molecule has 2 rings (SSSR count). The van der Waals surface area contributed by atoms with Crippen molar-refractivity contribution >= 4 is 34.1 Å². The van der Waals surface area contributed by atoms with Gasteiger partial charge in [0, 0.05) is 17.3 Å². The summed E-state index contributed by atoms with van der Waals surface area (Å²) in [5.41, 5.74) is 0. The Kier molecular flexibility index (Phi) is 4.96. The molecule has 0 aliphatic rings. The van der Waals surface area contributed by atoms with E-state index < -0.39 is 6.04 Å². The summed E-state index contributed by atoms with van der Waals surface area (Å²) in [4.78, 5) is 12.0. The Balaban J connectivity index is 2.16. The number of benzene rings is 1. The topological polar surface area (TPSA) is 66.9 Å². The van der Waals surface area contributed by atoms with E-state index in [4.69, 9.17) is 11.6 Å². The predicted octanol–water partition coefficient (Wildman–Crippen LogP) is 2.86. The predicted molar refractivity (Wildman–Crippen MR) is 85.5 cm³/mol. The number of hydrogen-bond acceptors (Lipinski definition) is 4. The molecule has 112 valence electrons. The van der Waals surface area contributed by atoms with Crippen molar-refractivity contribution < 1.29 is 4.79 Å². The van der Waals surface area contributed by atoms with Crippen LogP contribution in [0.5, 0.6) is 0 Å². The van der Waals surface area contributed by atoms with Gasteiger partial charge in [-0.1, -0.05) is 49.7 Å². The van der Waals surface area contributed by atoms with E-state index in [1.54, 1.807) is 6.92 Å². The maximum atomic E-state index is 12.0. The average molecular weight is 307 g/mol. The second-order valence-electron chi connectivity index (χ2n) is 5.39. The molecule has 2 aromatic rings. The molecule has 0 spiro atoms. The molecular weight excluding hydrogens is 288 g/mol. The highest BCUT2D eigenvalue weighted by molar-refractivity contribution is 6.34. The van der Waals surface area contributed by atoms with Crippen molar-refractivity contribution in [2.24, 2.45) is 5.92 Å². The number of carbonyl (C=O) groups excluding carboxylic acids is 1. The van der Waals surface area contributed by atoms with Crippen molar-refractivity contribution in [2.45, 2.75) is 26.8 Å². The van der Waals surface area contributed by atoms with Crippen LogP contribution in [-0.4, -0.2) is 28.7 Å². The van der Waals surface area contributed by atoms with Crippen molar-refractivity contribution in [3.63, 3.8) is 0 Å². The molecule has 1 aromatic heterocycles. The highest BCUT2D eigenvalue weighted by atomic mass is 35.5. The van der Waals surface area contributed by atoms with Crippen molar-refractivity contribution in [3.8, 4) is 0 Å². The molecule has 21 heavy (non-hydrogen) atoms. The highest BCUT2D eigenvalue weighted by Crippen LogP contribution is 2.25. The molecule has 1 heterocycles. The van der Waals surface area contributed by atoms with Crippen LogP contribution in [0.4, 0.5) is 5.82 Å². The number of nitrogens with zero attached hydrogens (tertiary/aromatic N) is 2. The molecule has 0 bridgehead atoms. The molecule has 0 saturated carbocycles. The zero-order chi connectivity index (χ0) is 15.4. The molecule has 1 amide bonds. The van der Waals surface area contributed by atoms with Crippen LogP contribution in [0.2, 0.25) is 5.15 Å². The van der Waals surface area contributed by atoms with E-state index in [9.17, 15) is 4.79 Å². The Morgan fingerprint density at radius 2 is 1.86 bits per heavy atom. The first-order valence-corrected chi connectivity index (χ1v) is 7.32. The van der Waals surface area contributed by atoms with Crippen LogP contribution < -0.4 is 10.6 Å². The van der Waals surface area contributed by atoms with Crippen molar-refractivity contribution in [1.29, 1.82) is 0 Å². The maximum Gasteiger partial charge on any atom is 0.242 e. The van der Waals surface area contributed by atoms with Gasteiger partial charge in [0.1, 0.15) is 6.04 Å². The molecule has 5 nitrogen and oxygen atoms in total. The van der Waals surface area contributed by atoms with Gasteiger partial charge in [-0.3, -0.25) is 4.79 Å². The Hall–Kier alpha value is -1.88. The molecule has 1 atom stereocenters. The number of anilines is 1. The number of carbonyl (C=O) groups is 1. The van der Waals surface area contributed by atoms with E-state index in [1.807, 2.05) is 24.3 Å². The second kappa shape index (κ2) is 6.72. The van der Waals surface area contributed by atoms with Crippen LogP contribution >= 0.6 is 11.6 Å². The molecular formula is C15H19ClN4O. The molecule has 2 N–H and O–H groups in total. The fraction of sp³-hybridized carbons (Fsp3) is 0.400. The summed E-state index contributed by atoms with van der Waals surface area (Å²) in [5, 5.41) is 16.0. The lowest BCUT2D eigenvalue weighted by atomic mass is 10.2. The third-order valence-corrected chi connectivity index (χ3v) is 3.35. The zero-order valence-corrected chi connectivity index (χ0v) is 13.1. The lowest BCUT2D eigenvalue weighted by Gasteiger charge is -2.16. The third-order valence-electron chi connectivity index (χ3n) is 3.07. The SMILES string of the molecule is CC(C)CNC(=O)C(C)Nc1nnc(Cl)c2ccccc12. The van der Waals surface area contributed by atoms with Crippen LogP contribution in [0.3, 0.4) is 0 Å². The summed E-state index contributed by atoms with van der Waals surface area (Å²) in [7, 11) is 0. The lowest BCUT2D eigenvalue weighted by molar-refractivity contribution is -0.121. The number of halogens is 1. The van der Waals surface area contributed by atoms with Crippen LogP contribution in [0.15, 0.2) is 24.3 Å². The quantitative estimate of drug-likeness (QED) is 0.891. The van der Waals surface area contributed by atoms with E-state index in [1.165, 1.54) is 0 Å². The van der Waals surface area contributed by atoms with Gasteiger partial charge in [0.15, 0.2) is 11.0 Å². The summed E-state index contributed by atoms with van der Waals surface area (Å²) >= 11 is 6.03. The van der Waals surface area contributed by atoms with Crippen molar-refractivity contribution in [1.82, 2.24) is 15.5 Å². The van der Waals surface area contributed by atoms with Gasteiger partial charge in [-0.05, 0) is 12.8 Å². The van der Waals surface area contributed by atoms with E-state index in [2.05, 4.69) is 34.7 Å². The number of amides is 1. The normalized spacial score (nSPS) is 12.4. The first-order chi connectivity index (χ1) is 9.99. The van der Waals surface area contributed by atoms with E-state index in [0.29, 0.717) is 23.4 Å². The Morgan fingerprint density at radius 3 is 2.52 bits per heavy atom. The fourth-order valence-corrected chi connectivity index (χ4v) is 2.11. The van der Waals surface area contributed by atoms with Gasteiger partial charge in [-0.15, -0.1) is 10.2 Å². The summed E-state index contributed by atoms with van der Waals surface area (Å²) in [5.74, 6) is 0.907. The van der Waals surface area contributed by atoms with E-state index in [0.717, 1.165) is 10.8 Å². The number of nitrogens with one attached hydrogen (secondary N) is 2. The van der Waals surface area contributed by atoms with Crippen LogP contribution in [0, 0.1) is 5.92 Å². The first-order valence-electron chi connectivity index (χ1n) is 6.94. The van der Waals surface area contributed by atoms with Gasteiger partial charge in [0.05, 0.1) is 0 Å². The third kappa shape index (κ3) is 3.82. The number of fused-ring (bicyclic) bond motifs is 1. The van der Waals surface area contributed by atoms with Crippen LogP contribution in [-0.2, 0) is 4.79 Å². The van der Waals surface area contributed by atoms with Crippen molar-refractivity contribution in [2.75, 3.05) is 11.9 Å². The molecule has 6 heteroatoms. The molecule has 0 aliphatic carbocycles. The maximum absolute atomic E-state index is 12.0. The summed E-state index contributed by atoms with van der Waals surface area (Å²) in [6, 6.07) is 7.16. The van der Waals surface area contributed by atoms with Crippen molar-refractivity contribution in [3.05, 3.63) is 29.4 Å². The zero-order valence-electron chi connectivity index (χ0n) is 12.4. The van der Waals surface area contributed by atoms with Gasteiger partial charge in [0.2, 0.25) is 5.91 Å². The van der Waals surface area contributed by atoms with Gasteiger partial charge >= 0.3 is 0 Å². The summed E-state index contributed by atoms with van der Waals surface area (Å²) in [6.07, 6.45) is 0. The smallest absolute Gasteiger partial charge is 0.242 e. The van der Waals surface area contributed by atoms with Crippen LogP contribution in [0.1, 0.15) is 20.8 Å². The largest absolute Gasteiger partial charge is 0.357 e. The Morgan fingerprint density at radius 1 is 1.19 bits per heavy atom. The standard InChI is InChI=1S/C15H19ClN4O/c1-9(2)8-17-15(21)10(3)18-14-12-7-5-4-6-11(12)13(16)19-20-14/h4-7,9-10H,8H2,1-3H3,(H,17,21)(H,18,20). The highest BCUT2D eigenvalue weighted by Gasteiger charge is 2.15. The van der Waals surface area contributed by atoms with Gasteiger partial charge in [0.25, 0.3) is 0 Å². The minimum Gasteiger partial charge on any atom is -0.357 e. The summed E-state index contributed by atoms with van der Waals surface area (Å²) in [6.45, 7) is 6.55. The molecule has 0 radical (unpaired) electrons. The Labute approximate surface area is 129 Å². The van der Waals surface area contributed by atoms with Crippen LogP contribution in [0.25, 0.3) is 10.8 Å². The molecule has 1 aromatic carbocycles. The number of rotatable bonds is 5. The second-order valence-corrected chi connectivity index (χ2v) is 5.75. The van der Waals surface area contributed by atoms with Gasteiger partial charge in [-0.2, -0.15) is 0 Å². The summed E-state index contributed by atoms with van der Waals surface area (Å²) < 4.78 is 0. The lowest BCUT2D eigenvalue weighted by Crippen LogP contribution is -2.39. The molecule has 0 saturated heterocycles. The van der Waals surface area contributed by atoms with Gasteiger partial charge < -0.3 is 10.6 Å². The minimum atomic E-state index is -0.400. The first kappa shape index (κ1) is 15.5. The van der Waals surface area contributed by atoms with E-state index >= 15 is 0 Å². The number of hydrogen-bond donors (Lipinski definition) is 2. The number of aromatic nitrogens is 2. The fourth-order valence-electron chi connectivity index (χ4n) is 1.91. The monoisotopic (exact) mass is 306 g/mol. The average Bonchev–Trinajstić information content (AvgIpc) is 2.47. The molecule has 0 aliphatic heterocycles. The van der Waals surface area contributed by atoms with Gasteiger partial charge in [-0.25, -0.2) is 0 Å².